The van der Waals surface area contributed by atoms with Crippen LogP contribution in [0.1, 0.15) is 11.1 Å². The molecule has 6 rings (SSSR count). The molecule has 0 aliphatic heterocycles. The van der Waals surface area contributed by atoms with Crippen LogP contribution in [0.2, 0.25) is 13.1 Å². The number of fused-ring (bicyclic) bond motifs is 4. The van der Waals surface area contributed by atoms with Gasteiger partial charge in [-0.3, -0.25) is 0 Å². The zero-order valence-electron chi connectivity index (χ0n) is 18.4. The average molecular weight is 419 g/mol. The number of aromatic amines is 2. The van der Waals surface area contributed by atoms with Crippen LogP contribution in [0.5, 0.6) is 0 Å². The van der Waals surface area contributed by atoms with Crippen LogP contribution in [0.4, 0.5) is 0 Å². The van der Waals surface area contributed by atoms with E-state index < -0.39 is 8.07 Å². The van der Waals surface area contributed by atoms with Gasteiger partial charge in [0.05, 0.1) is 0 Å². The molecule has 31 heavy (non-hydrogen) atoms. The summed E-state index contributed by atoms with van der Waals surface area (Å²) in [6.45, 7) is 9.63. The predicted octanol–water partition coefficient (Wildman–Crippen LogP) is 6.40. The van der Waals surface area contributed by atoms with Crippen LogP contribution < -0.4 is 10.4 Å². The summed E-state index contributed by atoms with van der Waals surface area (Å²) in [7, 11) is -1.97. The Morgan fingerprint density at radius 2 is 1.03 bits per heavy atom. The van der Waals surface area contributed by atoms with Gasteiger partial charge in [-0.25, -0.2) is 0 Å². The normalized spacial score (nSPS) is 12.5. The highest BCUT2D eigenvalue weighted by Crippen LogP contribution is 2.30. The van der Waals surface area contributed by atoms with Gasteiger partial charge in [-0.1, -0.05) is 48.5 Å². The van der Waals surface area contributed by atoms with E-state index >= 15 is 0 Å². The molecule has 0 aliphatic carbocycles. The SMILES string of the molecule is Cc1cc2cc3ccc[nH]c3cc2c1[Si](C)(C)c1c(C)cc2cc3ccc[nH]c3cc12. The van der Waals surface area contributed by atoms with Gasteiger partial charge in [0, 0.05) is 23.4 Å². The van der Waals surface area contributed by atoms with Crippen molar-refractivity contribution in [2.75, 3.05) is 0 Å². The number of hydrogen-bond donors (Lipinski definition) is 2. The Balaban J connectivity index is 1.66. The quantitative estimate of drug-likeness (QED) is 0.305. The fourth-order valence-corrected chi connectivity index (χ4v) is 10.0. The van der Waals surface area contributed by atoms with Crippen LogP contribution in [0.15, 0.2) is 73.1 Å². The first-order chi connectivity index (χ1) is 14.9. The third-order valence-corrected chi connectivity index (χ3v) is 10.8. The lowest BCUT2D eigenvalue weighted by Gasteiger charge is -2.26. The van der Waals surface area contributed by atoms with E-state index in [0.717, 1.165) is 0 Å². The Kier molecular flexibility index (Phi) is 3.78. The van der Waals surface area contributed by atoms with E-state index in [9.17, 15) is 0 Å². The van der Waals surface area contributed by atoms with E-state index in [-0.39, 0.29) is 0 Å². The molecule has 152 valence electrons. The van der Waals surface area contributed by atoms with E-state index in [1.54, 1.807) is 10.4 Å². The van der Waals surface area contributed by atoms with Crippen molar-refractivity contribution in [3.63, 3.8) is 0 Å². The minimum absolute atomic E-state index is 1.20. The predicted molar refractivity (Wildman–Crippen MR) is 138 cm³/mol. The first-order valence-corrected chi connectivity index (χ1v) is 14.0. The van der Waals surface area contributed by atoms with Gasteiger partial charge >= 0.3 is 0 Å². The smallest absolute Gasteiger partial charge is 0.114 e. The summed E-state index contributed by atoms with van der Waals surface area (Å²) in [5.41, 5.74) is 5.25. The molecule has 0 radical (unpaired) electrons. The molecule has 0 atom stereocenters. The molecule has 0 aliphatic rings. The maximum Gasteiger partial charge on any atom is 0.114 e. The number of aryl methyl sites for hydroxylation is 2. The third kappa shape index (κ3) is 2.63. The molecule has 2 aromatic heterocycles. The number of aromatic nitrogens is 2. The highest BCUT2D eigenvalue weighted by atomic mass is 28.3. The molecule has 0 unspecified atom stereocenters. The Bertz CT molecular complexity index is 1510. The second-order valence-corrected chi connectivity index (χ2v) is 13.7. The van der Waals surface area contributed by atoms with Gasteiger partial charge in [0.25, 0.3) is 0 Å². The molecule has 3 heteroatoms. The molecular weight excluding hydrogens is 392 g/mol. The van der Waals surface area contributed by atoms with Crippen LogP contribution in [0.25, 0.3) is 43.4 Å². The summed E-state index contributed by atoms with van der Waals surface area (Å²) < 4.78 is 0. The summed E-state index contributed by atoms with van der Waals surface area (Å²) in [6.07, 6.45) is 4.03. The molecule has 0 spiro atoms. The molecule has 0 saturated carbocycles. The number of H-pyrrole nitrogens is 2. The second-order valence-electron chi connectivity index (χ2n) is 9.42. The molecule has 4 aromatic carbocycles. The van der Waals surface area contributed by atoms with E-state index in [2.05, 4.69) is 97.6 Å². The van der Waals surface area contributed by atoms with Crippen molar-refractivity contribution >= 4 is 61.8 Å². The topological polar surface area (TPSA) is 31.6 Å². The van der Waals surface area contributed by atoms with Gasteiger partial charge in [0.2, 0.25) is 0 Å². The highest BCUT2D eigenvalue weighted by Gasteiger charge is 2.34. The maximum absolute atomic E-state index is 3.44. The largest absolute Gasteiger partial charge is 0.361 e. The lowest BCUT2D eigenvalue weighted by Crippen LogP contribution is -2.54. The van der Waals surface area contributed by atoms with Crippen molar-refractivity contribution in [3.05, 3.63) is 84.2 Å². The maximum atomic E-state index is 3.44. The van der Waals surface area contributed by atoms with Gasteiger partial charge in [-0.05, 0) is 92.9 Å². The van der Waals surface area contributed by atoms with Gasteiger partial charge < -0.3 is 9.97 Å². The van der Waals surface area contributed by atoms with Crippen LogP contribution >= 0.6 is 0 Å². The zero-order valence-corrected chi connectivity index (χ0v) is 19.4. The monoisotopic (exact) mass is 418 g/mol. The Morgan fingerprint density at radius 1 is 0.581 bits per heavy atom. The lowest BCUT2D eigenvalue weighted by atomic mass is 10.1. The van der Waals surface area contributed by atoms with E-state index in [1.807, 2.05) is 12.4 Å². The van der Waals surface area contributed by atoms with Crippen LogP contribution in [0, 0.1) is 13.8 Å². The summed E-state index contributed by atoms with van der Waals surface area (Å²) >= 11 is 0. The van der Waals surface area contributed by atoms with Crippen molar-refractivity contribution < 1.29 is 0 Å². The van der Waals surface area contributed by atoms with Crippen molar-refractivity contribution in [3.8, 4) is 0 Å². The van der Waals surface area contributed by atoms with Gasteiger partial charge in [-0.2, -0.15) is 0 Å². The first kappa shape index (κ1) is 18.5. The number of benzene rings is 2. The van der Waals surface area contributed by atoms with Crippen molar-refractivity contribution in [1.29, 1.82) is 0 Å². The molecule has 6 aromatic rings. The Hall–Kier alpha value is -3.30. The number of hydrogen-bond acceptors (Lipinski definition) is 0. The lowest BCUT2D eigenvalue weighted by molar-refractivity contribution is 1.42. The molecular formula is C28H26N2Si. The fraction of sp³-hybridized carbons (Fsp3) is 0.143. The minimum Gasteiger partial charge on any atom is -0.361 e. The third-order valence-electron chi connectivity index (χ3n) is 6.99. The van der Waals surface area contributed by atoms with Crippen LogP contribution in [-0.4, -0.2) is 18.0 Å². The van der Waals surface area contributed by atoms with Gasteiger partial charge in [0.1, 0.15) is 8.07 Å². The molecule has 2 nitrogen and oxygen atoms in total. The number of pyridine rings is 2. The Labute approximate surface area is 182 Å². The molecule has 0 bridgehead atoms. The first-order valence-electron chi connectivity index (χ1n) is 11.0. The van der Waals surface area contributed by atoms with Gasteiger partial charge in [-0.15, -0.1) is 0 Å². The second kappa shape index (κ2) is 6.35. The molecule has 0 fully saturated rings. The molecule has 2 heterocycles. The summed E-state index contributed by atoms with van der Waals surface area (Å²) in [4.78, 5) is 6.88. The highest BCUT2D eigenvalue weighted by molar-refractivity contribution is 7.03. The van der Waals surface area contributed by atoms with Crippen molar-refractivity contribution in [2.24, 2.45) is 0 Å². The molecule has 0 saturated heterocycles. The van der Waals surface area contributed by atoms with E-state index in [4.69, 9.17) is 0 Å². The Morgan fingerprint density at radius 3 is 1.48 bits per heavy atom. The van der Waals surface area contributed by atoms with Crippen molar-refractivity contribution in [1.82, 2.24) is 9.97 Å². The summed E-state index contributed by atoms with van der Waals surface area (Å²) in [6, 6.07) is 22.7. The zero-order chi connectivity index (χ0) is 21.3. The summed E-state index contributed by atoms with van der Waals surface area (Å²) in [5.74, 6) is 0. The number of nitrogens with one attached hydrogen (secondary N) is 2. The fourth-order valence-electron chi connectivity index (χ4n) is 5.86. The average Bonchev–Trinajstić information content (AvgIpc) is 3.24. The molecule has 2 N–H and O–H groups in total. The van der Waals surface area contributed by atoms with E-state index in [0.29, 0.717) is 0 Å². The molecule has 0 amide bonds. The van der Waals surface area contributed by atoms with Gasteiger partial charge in [0.15, 0.2) is 0 Å². The van der Waals surface area contributed by atoms with Crippen LogP contribution in [0.3, 0.4) is 0 Å². The van der Waals surface area contributed by atoms with E-state index in [1.165, 1.54) is 54.5 Å². The van der Waals surface area contributed by atoms with Crippen molar-refractivity contribution in [2.45, 2.75) is 26.9 Å². The number of rotatable bonds is 2. The standard InChI is InChI=1S/C28H26N2Si/c1-17-11-21-13-19-7-5-9-29-25(19)15-23(21)27(17)31(3,4)28-18(2)12-22-14-20-8-6-10-30-26(20)16-24(22)28/h5-16,29-30H,1-4H3. The summed E-state index contributed by atoms with van der Waals surface area (Å²) in [5, 5.41) is 11.2. The van der Waals surface area contributed by atoms with Crippen LogP contribution in [-0.2, 0) is 0 Å². The minimum atomic E-state index is -1.97.